The van der Waals surface area contributed by atoms with Crippen LogP contribution in [0.3, 0.4) is 0 Å². The highest BCUT2D eigenvalue weighted by Crippen LogP contribution is 2.15. The molecule has 0 fully saturated rings. The number of benzene rings is 1. The Kier molecular flexibility index (Phi) is 4.26. The highest BCUT2D eigenvalue weighted by atomic mass is 16.2. The van der Waals surface area contributed by atoms with E-state index in [4.69, 9.17) is 0 Å². The van der Waals surface area contributed by atoms with Crippen LogP contribution in [-0.4, -0.2) is 17.4 Å². The zero-order chi connectivity index (χ0) is 15.5. The van der Waals surface area contributed by atoms with Crippen LogP contribution >= 0.6 is 0 Å². The van der Waals surface area contributed by atoms with E-state index in [1.807, 2.05) is 51.1 Å². The molecule has 4 nitrogen and oxygen atoms in total. The van der Waals surface area contributed by atoms with Crippen molar-refractivity contribution in [2.75, 3.05) is 6.54 Å². The number of aromatic nitrogens is 1. The van der Waals surface area contributed by atoms with Crippen LogP contribution < -0.4 is 10.9 Å². The van der Waals surface area contributed by atoms with Crippen LogP contribution in [0.5, 0.6) is 0 Å². The lowest BCUT2D eigenvalue weighted by Gasteiger charge is -2.18. The van der Waals surface area contributed by atoms with Gasteiger partial charge in [-0.2, -0.15) is 0 Å². The number of rotatable bonds is 3. The Hall–Kier alpha value is -2.36. The first kappa shape index (κ1) is 15.0. The molecule has 0 saturated carbocycles. The van der Waals surface area contributed by atoms with E-state index in [1.54, 1.807) is 12.1 Å². The Morgan fingerprint density at radius 3 is 2.33 bits per heavy atom. The largest absolute Gasteiger partial charge is 0.351 e. The minimum absolute atomic E-state index is 0.0214. The molecule has 1 aromatic heterocycles. The Morgan fingerprint density at radius 1 is 1.10 bits per heavy atom. The van der Waals surface area contributed by atoms with Crippen LogP contribution in [0, 0.1) is 5.41 Å². The van der Waals surface area contributed by atoms with E-state index in [2.05, 4.69) is 10.3 Å². The second-order valence-corrected chi connectivity index (χ2v) is 6.22. The molecular formula is C17H20N2O2. The molecule has 0 aliphatic carbocycles. The molecule has 0 unspecified atom stereocenters. The van der Waals surface area contributed by atoms with E-state index in [0.29, 0.717) is 12.2 Å². The predicted octanol–water partition coefficient (Wildman–Crippen LogP) is 2.82. The summed E-state index contributed by atoms with van der Waals surface area (Å²) in [6, 6.07) is 12.8. The number of pyridine rings is 1. The molecular weight excluding hydrogens is 264 g/mol. The summed E-state index contributed by atoms with van der Waals surface area (Å²) in [6.45, 7) is 6.59. The van der Waals surface area contributed by atoms with Crippen LogP contribution in [0.25, 0.3) is 11.3 Å². The van der Waals surface area contributed by atoms with Gasteiger partial charge in [0.15, 0.2) is 0 Å². The molecule has 0 atom stereocenters. The van der Waals surface area contributed by atoms with E-state index < -0.39 is 0 Å². The fraction of sp³-hybridized carbons (Fsp3) is 0.294. The smallest absolute Gasteiger partial charge is 0.261 e. The molecule has 110 valence electrons. The van der Waals surface area contributed by atoms with Crippen molar-refractivity contribution in [3.63, 3.8) is 0 Å². The lowest BCUT2D eigenvalue weighted by molar-refractivity contribution is 0.0938. The minimum Gasteiger partial charge on any atom is -0.351 e. The zero-order valence-corrected chi connectivity index (χ0v) is 12.6. The second-order valence-electron chi connectivity index (χ2n) is 6.22. The molecule has 0 saturated heterocycles. The Bertz CT molecular complexity index is 682. The monoisotopic (exact) mass is 284 g/mol. The standard InChI is InChI=1S/C17H20N2O2/c1-17(2,3)11-18-15(20)13-9-10-14(19-16(13)21)12-7-5-4-6-8-12/h4-10H,11H2,1-3H3,(H,18,20)(H,19,21). The molecule has 4 heteroatoms. The van der Waals surface area contributed by atoms with Crippen molar-refractivity contribution in [2.45, 2.75) is 20.8 Å². The number of nitrogens with one attached hydrogen (secondary N) is 2. The van der Waals surface area contributed by atoms with Gasteiger partial charge in [-0.3, -0.25) is 9.59 Å². The third-order valence-electron chi connectivity index (χ3n) is 3.02. The first-order valence-corrected chi connectivity index (χ1v) is 6.94. The second kappa shape index (κ2) is 5.95. The summed E-state index contributed by atoms with van der Waals surface area (Å²) in [6.07, 6.45) is 0. The third-order valence-corrected chi connectivity index (χ3v) is 3.02. The summed E-state index contributed by atoms with van der Waals surface area (Å²) >= 11 is 0. The molecule has 1 aromatic carbocycles. The lowest BCUT2D eigenvalue weighted by atomic mass is 9.97. The fourth-order valence-electron chi connectivity index (χ4n) is 1.88. The quantitative estimate of drug-likeness (QED) is 0.910. The zero-order valence-electron chi connectivity index (χ0n) is 12.6. The molecule has 21 heavy (non-hydrogen) atoms. The van der Waals surface area contributed by atoms with Crippen molar-refractivity contribution < 1.29 is 4.79 Å². The minimum atomic E-state index is -0.372. The maximum absolute atomic E-state index is 12.1. The maximum Gasteiger partial charge on any atom is 0.261 e. The summed E-state index contributed by atoms with van der Waals surface area (Å²) < 4.78 is 0. The van der Waals surface area contributed by atoms with Crippen molar-refractivity contribution in [3.8, 4) is 11.3 Å². The van der Waals surface area contributed by atoms with Gasteiger partial charge in [0.05, 0.1) is 0 Å². The van der Waals surface area contributed by atoms with E-state index in [9.17, 15) is 9.59 Å². The lowest BCUT2D eigenvalue weighted by Crippen LogP contribution is -2.35. The summed E-state index contributed by atoms with van der Waals surface area (Å²) in [5.74, 6) is -0.342. The molecule has 0 spiro atoms. The summed E-state index contributed by atoms with van der Waals surface area (Å²) in [4.78, 5) is 26.8. The van der Waals surface area contributed by atoms with Gasteiger partial charge in [-0.05, 0) is 23.1 Å². The molecule has 1 amide bonds. The maximum atomic E-state index is 12.1. The van der Waals surface area contributed by atoms with E-state index in [1.165, 1.54) is 0 Å². The summed E-state index contributed by atoms with van der Waals surface area (Å²) in [5.41, 5.74) is 1.36. The van der Waals surface area contributed by atoms with E-state index >= 15 is 0 Å². The van der Waals surface area contributed by atoms with Crippen molar-refractivity contribution in [2.24, 2.45) is 5.41 Å². The number of H-pyrrole nitrogens is 1. The van der Waals surface area contributed by atoms with Gasteiger partial charge < -0.3 is 10.3 Å². The number of hydrogen-bond donors (Lipinski definition) is 2. The Balaban J connectivity index is 2.20. The van der Waals surface area contributed by atoms with Crippen molar-refractivity contribution in [1.29, 1.82) is 0 Å². The van der Waals surface area contributed by atoms with Gasteiger partial charge in [0.2, 0.25) is 0 Å². The Labute approximate surface area is 124 Å². The summed E-state index contributed by atoms with van der Waals surface area (Å²) in [7, 11) is 0. The van der Waals surface area contributed by atoms with Gasteiger partial charge in [-0.25, -0.2) is 0 Å². The number of amides is 1. The molecule has 1 heterocycles. The molecule has 0 aliphatic rings. The average Bonchev–Trinajstić information content (AvgIpc) is 2.45. The molecule has 2 rings (SSSR count). The number of carbonyl (C=O) groups excluding carboxylic acids is 1. The molecule has 0 radical (unpaired) electrons. The fourth-order valence-corrected chi connectivity index (χ4v) is 1.88. The first-order valence-electron chi connectivity index (χ1n) is 6.94. The topological polar surface area (TPSA) is 62.0 Å². The van der Waals surface area contributed by atoms with E-state index in [-0.39, 0.29) is 22.4 Å². The SMILES string of the molecule is CC(C)(C)CNC(=O)c1ccc(-c2ccccc2)[nH]c1=O. The van der Waals surface area contributed by atoms with Crippen LogP contribution in [0.4, 0.5) is 0 Å². The first-order chi connectivity index (χ1) is 9.87. The van der Waals surface area contributed by atoms with Gasteiger partial charge in [0.1, 0.15) is 5.56 Å². The van der Waals surface area contributed by atoms with Gasteiger partial charge in [-0.1, -0.05) is 51.1 Å². The number of hydrogen-bond acceptors (Lipinski definition) is 2. The van der Waals surface area contributed by atoms with Crippen LogP contribution in [0.1, 0.15) is 31.1 Å². The normalized spacial score (nSPS) is 11.2. The van der Waals surface area contributed by atoms with Gasteiger partial charge in [-0.15, -0.1) is 0 Å². The highest BCUT2D eigenvalue weighted by Gasteiger charge is 2.15. The third kappa shape index (κ3) is 4.05. The van der Waals surface area contributed by atoms with E-state index in [0.717, 1.165) is 5.56 Å². The van der Waals surface area contributed by atoms with Gasteiger partial charge in [0.25, 0.3) is 11.5 Å². The molecule has 2 N–H and O–H groups in total. The molecule has 0 aliphatic heterocycles. The van der Waals surface area contributed by atoms with Gasteiger partial charge >= 0.3 is 0 Å². The summed E-state index contributed by atoms with van der Waals surface area (Å²) in [5, 5.41) is 2.78. The molecule has 2 aromatic rings. The van der Waals surface area contributed by atoms with Crippen LogP contribution in [-0.2, 0) is 0 Å². The molecule has 0 bridgehead atoms. The number of aromatic amines is 1. The Morgan fingerprint density at radius 2 is 1.76 bits per heavy atom. The van der Waals surface area contributed by atoms with Crippen molar-refractivity contribution in [1.82, 2.24) is 10.3 Å². The van der Waals surface area contributed by atoms with Gasteiger partial charge in [0, 0.05) is 12.2 Å². The van der Waals surface area contributed by atoms with Crippen molar-refractivity contribution >= 4 is 5.91 Å². The average molecular weight is 284 g/mol. The van der Waals surface area contributed by atoms with Crippen molar-refractivity contribution in [3.05, 3.63) is 58.4 Å². The number of carbonyl (C=O) groups is 1. The van der Waals surface area contributed by atoms with Crippen LogP contribution in [0.15, 0.2) is 47.3 Å². The highest BCUT2D eigenvalue weighted by molar-refractivity contribution is 5.94. The predicted molar refractivity (Wildman–Crippen MR) is 84.3 cm³/mol. The van der Waals surface area contributed by atoms with Crippen LogP contribution in [0.2, 0.25) is 0 Å².